The zero-order valence-electron chi connectivity index (χ0n) is 13.6. The van der Waals surface area contributed by atoms with Crippen LogP contribution in [-0.2, 0) is 6.54 Å². The average Bonchev–Trinajstić information content (AvgIpc) is 2.59. The van der Waals surface area contributed by atoms with E-state index >= 15 is 0 Å². The fourth-order valence-electron chi connectivity index (χ4n) is 2.38. The number of halogens is 1. The van der Waals surface area contributed by atoms with Crippen LogP contribution in [0.2, 0.25) is 0 Å². The van der Waals surface area contributed by atoms with E-state index in [2.05, 4.69) is 77.8 Å². The highest BCUT2D eigenvalue weighted by atomic mass is 127. The van der Waals surface area contributed by atoms with Gasteiger partial charge in [0.1, 0.15) is 19.2 Å². The molecule has 0 aliphatic carbocycles. The lowest BCUT2D eigenvalue weighted by molar-refractivity contribution is -0.707. The lowest BCUT2D eigenvalue weighted by atomic mass is 10.1. The lowest BCUT2D eigenvalue weighted by Crippen LogP contribution is -2.83. The van der Waals surface area contributed by atoms with Crippen molar-refractivity contribution in [2.75, 3.05) is 13.7 Å². The molecular weight excluding hydrogens is 401 g/mol. The van der Waals surface area contributed by atoms with Crippen LogP contribution in [0.4, 0.5) is 0 Å². The van der Waals surface area contributed by atoms with Gasteiger partial charge in [-0.15, -0.1) is 0 Å². The number of rotatable bonds is 8. The van der Waals surface area contributed by atoms with Crippen molar-refractivity contribution in [3.05, 3.63) is 69.8 Å². The Hall–Kier alpha value is -1.53. The molecule has 0 aliphatic heterocycles. The lowest BCUT2D eigenvalue weighted by Gasteiger charge is -2.15. The summed E-state index contributed by atoms with van der Waals surface area (Å²) in [5.41, 5.74) is 2.56. The van der Waals surface area contributed by atoms with E-state index in [4.69, 9.17) is 9.47 Å². The maximum absolute atomic E-state index is 5.70. The van der Waals surface area contributed by atoms with Crippen molar-refractivity contribution in [3.8, 4) is 11.5 Å². The van der Waals surface area contributed by atoms with Crippen molar-refractivity contribution >= 4 is 22.6 Å². The molecule has 0 radical (unpaired) electrons. The topological polar surface area (TPSA) is 35.1 Å². The Labute approximate surface area is 151 Å². The molecule has 0 unspecified atom stereocenters. The maximum atomic E-state index is 5.70. The molecule has 1 atom stereocenters. The Bertz CT molecular complexity index is 643. The number of nitrogens with two attached hydrogens (primary N) is 1. The van der Waals surface area contributed by atoms with Gasteiger partial charge >= 0.3 is 0 Å². The predicted octanol–water partition coefficient (Wildman–Crippen LogP) is 3.69. The molecule has 0 saturated carbocycles. The molecular formula is C19H23INO2+. The molecule has 0 spiro atoms. The van der Waals surface area contributed by atoms with Crippen LogP contribution in [0.1, 0.15) is 24.1 Å². The zero-order chi connectivity index (χ0) is 16.7. The Kier molecular flexibility index (Phi) is 6.92. The minimum Gasteiger partial charge on any atom is -0.493 e. The van der Waals surface area contributed by atoms with Gasteiger partial charge in [0.25, 0.3) is 0 Å². The van der Waals surface area contributed by atoms with E-state index in [0.29, 0.717) is 12.6 Å². The summed E-state index contributed by atoms with van der Waals surface area (Å²) in [4.78, 5) is 0. The molecule has 4 heteroatoms. The number of hydrogen-bond donors (Lipinski definition) is 1. The SMILES string of the molecule is C=CCOc1c(I)cc(C[NH2+][C@H](C)c2ccccc2)cc1OC. The normalized spacial score (nSPS) is 11.8. The highest BCUT2D eigenvalue weighted by Crippen LogP contribution is 2.33. The van der Waals surface area contributed by atoms with Crippen molar-refractivity contribution < 1.29 is 14.8 Å². The molecule has 0 aromatic heterocycles. The summed E-state index contributed by atoms with van der Waals surface area (Å²) in [7, 11) is 1.67. The third-order valence-electron chi connectivity index (χ3n) is 3.67. The van der Waals surface area contributed by atoms with Crippen molar-refractivity contribution in [2.24, 2.45) is 0 Å². The summed E-state index contributed by atoms with van der Waals surface area (Å²) >= 11 is 2.29. The first-order valence-corrected chi connectivity index (χ1v) is 8.72. The van der Waals surface area contributed by atoms with Gasteiger partial charge in [0.05, 0.1) is 10.7 Å². The molecule has 0 bridgehead atoms. The van der Waals surface area contributed by atoms with Crippen LogP contribution in [0.5, 0.6) is 11.5 Å². The first kappa shape index (κ1) is 17.8. The van der Waals surface area contributed by atoms with Crippen LogP contribution in [-0.4, -0.2) is 13.7 Å². The molecule has 2 rings (SSSR count). The van der Waals surface area contributed by atoms with Gasteiger partial charge in [-0.3, -0.25) is 0 Å². The van der Waals surface area contributed by atoms with Crippen LogP contribution in [0.3, 0.4) is 0 Å². The fourth-order valence-corrected chi connectivity index (χ4v) is 3.20. The van der Waals surface area contributed by atoms with E-state index in [1.165, 1.54) is 11.1 Å². The number of benzene rings is 2. The predicted molar refractivity (Wildman–Crippen MR) is 102 cm³/mol. The molecule has 0 amide bonds. The summed E-state index contributed by atoms with van der Waals surface area (Å²) in [5, 5.41) is 2.32. The van der Waals surface area contributed by atoms with Gasteiger partial charge in [0, 0.05) is 11.1 Å². The zero-order valence-corrected chi connectivity index (χ0v) is 15.7. The molecule has 23 heavy (non-hydrogen) atoms. The van der Waals surface area contributed by atoms with E-state index in [9.17, 15) is 0 Å². The Morgan fingerprint density at radius 2 is 2.00 bits per heavy atom. The van der Waals surface area contributed by atoms with Gasteiger partial charge in [-0.2, -0.15) is 0 Å². The van der Waals surface area contributed by atoms with Crippen LogP contribution >= 0.6 is 22.6 Å². The van der Waals surface area contributed by atoms with Crippen molar-refractivity contribution in [3.63, 3.8) is 0 Å². The number of ether oxygens (including phenoxy) is 2. The summed E-state index contributed by atoms with van der Waals surface area (Å²) < 4.78 is 12.2. The Balaban J connectivity index is 2.08. The van der Waals surface area contributed by atoms with Crippen LogP contribution in [0, 0.1) is 3.57 Å². The molecule has 0 saturated heterocycles. The van der Waals surface area contributed by atoms with Crippen molar-refractivity contribution in [2.45, 2.75) is 19.5 Å². The van der Waals surface area contributed by atoms with Crippen molar-refractivity contribution in [1.82, 2.24) is 0 Å². The second-order valence-corrected chi connectivity index (χ2v) is 6.51. The van der Waals surface area contributed by atoms with E-state index in [1.807, 2.05) is 6.07 Å². The standard InChI is InChI=1S/C19H22INO2/c1-4-10-23-19-17(20)11-15(12-18(19)22-3)13-21-14(2)16-8-6-5-7-9-16/h4-9,11-12,14,21H,1,10,13H2,2-3H3/p+1/t14-/m1/s1. The second-order valence-electron chi connectivity index (χ2n) is 5.35. The third-order valence-corrected chi connectivity index (χ3v) is 4.47. The molecule has 122 valence electrons. The molecule has 0 fully saturated rings. The largest absolute Gasteiger partial charge is 0.493 e. The molecule has 0 aliphatic rings. The van der Waals surface area contributed by atoms with Crippen LogP contribution < -0.4 is 14.8 Å². The maximum Gasteiger partial charge on any atom is 0.174 e. The van der Waals surface area contributed by atoms with Crippen LogP contribution in [0.15, 0.2) is 55.1 Å². The minimum atomic E-state index is 0.413. The van der Waals surface area contributed by atoms with Crippen LogP contribution in [0.25, 0.3) is 0 Å². The first-order valence-electron chi connectivity index (χ1n) is 7.64. The molecule has 2 N–H and O–H groups in total. The van der Waals surface area contributed by atoms with Crippen molar-refractivity contribution in [1.29, 1.82) is 0 Å². The molecule has 2 aromatic carbocycles. The summed E-state index contributed by atoms with van der Waals surface area (Å²) in [6.45, 7) is 7.27. The smallest absolute Gasteiger partial charge is 0.174 e. The first-order chi connectivity index (χ1) is 11.2. The van der Waals surface area contributed by atoms with Gasteiger partial charge in [0.15, 0.2) is 11.5 Å². The molecule has 2 aromatic rings. The number of methoxy groups -OCH3 is 1. The highest BCUT2D eigenvalue weighted by Gasteiger charge is 2.13. The third kappa shape index (κ3) is 4.97. The quantitative estimate of drug-likeness (QED) is 0.518. The number of hydrogen-bond acceptors (Lipinski definition) is 2. The minimum absolute atomic E-state index is 0.413. The molecule has 3 nitrogen and oxygen atoms in total. The van der Waals surface area contributed by atoms with E-state index in [1.54, 1.807) is 13.2 Å². The van der Waals surface area contributed by atoms with E-state index in [-0.39, 0.29) is 0 Å². The average molecular weight is 424 g/mol. The highest BCUT2D eigenvalue weighted by molar-refractivity contribution is 14.1. The van der Waals surface area contributed by atoms with E-state index in [0.717, 1.165) is 21.6 Å². The van der Waals surface area contributed by atoms with Gasteiger partial charge < -0.3 is 14.8 Å². The summed E-state index contributed by atoms with van der Waals surface area (Å²) in [6, 6.07) is 15.1. The number of quaternary nitrogens is 1. The van der Waals surface area contributed by atoms with Gasteiger partial charge in [0.2, 0.25) is 0 Å². The summed E-state index contributed by atoms with van der Waals surface area (Å²) in [6.07, 6.45) is 1.73. The Morgan fingerprint density at radius 1 is 1.26 bits per heavy atom. The monoisotopic (exact) mass is 424 g/mol. The van der Waals surface area contributed by atoms with Gasteiger partial charge in [-0.05, 0) is 41.6 Å². The fraction of sp³-hybridized carbons (Fsp3) is 0.263. The van der Waals surface area contributed by atoms with E-state index < -0.39 is 0 Å². The Morgan fingerprint density at radius 3 is 2.65 bits per heavy atom. The summed E-state index contributed by atoms with van der Waals surface area (Å²) in [5.74, 6) is 1.56. The second kappa shape index (κ2) is 8.93. The molecule has 0 heterocycles. The van der Waals surface area contributed by atoms with Gasteiger partial charge in [-0.25, -0.2) is 0 Å². The van der Waals surface area contributed by atoms with Gasteiger partial charge in [-0.1, -0.05) is 43.0 Å².